The molecule has 1 aliphatic heterocycles. The molecule has 1 saturated heterocycles. The van der Waals surface area contributed by atoms with Crippen molar-refractivity contribution in [2.24, 2.45) is 0 Å². The van der Waals surface area contributed by atoms with E-state index in [1.807, 2.05) is 31.2 Å². The lowest BCUT2D eigenvalue weighted by molar-refractivity contribution is 0.0951. The summed E-state index contributed by atoms with van der Waals surface area (Å²) >= 11 is 0. The van der Waals surface area contributed by atoms with Gasteiger partial charge in [-0.2, -0.15) is 0 Å². The number of carbonyl (C=O) groups excluding carboxylic acids is 1. The van der Waals surface area contributed by atoms with Crippen molar-refractivity contribution in [1.82, 2.24) is 19.8 Å². The first kappa shape index (κ1) is 21.6. The van der Waals surface area contributed by atoms with Crippen molar-refractivity contribution in [2.45, 2.75) is 39.2 Å². The van der Waals surface area contributed by atoms with Gasteiger partial charge >= 0.3 is 0 Å². The van der Waals surface area contributed by atoms with E-state index in [4.69, 9.17) is 0 Å². The molecule has 1 amide bonds. The number of carbonyl (C=O) groups is 1. The molecule has 2 heterocycles. The van der Waals surface area contributed by atoms with Gasteiger partial charge in [-0.05, 0) is 68.6 Å². The Morgan fingerprint density at radius 3 is 2.61 bits per heavy atom. The lowest BCUT2D eigenvalue weighted by Gasteiger charge is -2.36. The number of rotatable bonds is 6. The number of anilines is 1. The molecule has 0 spiro atoms. The second-order valence-corrected chi connectivity index (χ2v) is 9.20. The van der Waals surface area contributed by atoms with Crippen molar-refractivity contribution in [1.29, 1.82) is 0 Å². The fraction of sp³-hybridized carbons (Fsp3) is 0.423. The van der Waals surface area contributed by atoms with Crippen LogP contribution in [0.3, 0.4) is 0 Å². The highest BCUT2D eigenvalue weighted by Crippen LogP contribution is 2.23. The summed E-state index contributed by atoms with van der Waals surface area (Å²) in [4.78, 5) is 35.4. The van der Waals surface area contributed by atoms with Crippen molar-refractivity contribution < 1.29 is 4.79 Å². The van der Waals surface area contributed by atoms with E-state index in [1.54, 1.807) is 17.0 Å². The van der Waals surface area contributed by atoms with Gasteiger partial charge in [0.1, 0.15) is 6.33 Å². The number of nitrogens with one attached hydrogen (secondary N) is 1. The molecule has 2 aliphatic rings. The van der Waals surface area contributed by atoms with Crippen LogP contribution in [0, 0.1) is 6.92 Å². The van der Waals surface area contributed by atoms with Crippen LogP contribution in [0.25, 0.3) is 16.6 Å². The summed E-state index contributed by atoms with van der Waals surface area (Å²) in [6.45, 7) is 9.28. The molecule has 2 aromatic carbocycles. The Balaban J connectivity index is 1.47. The van der Waals surface area contributed by atoms with Gasteiger partial charge < -0.3 is 10.2 Å². The van der Waals surface area contributed by atoms with Crippen LogP contribution in [-0.2, 0) is 0 Å². The normalized spacial score (nSPS) is 16.8. The molecule has 1 aromatic heterocycles. The molecule has 5 rings (SSSR count). The summed E-state index contributed by atoms with van der Waals surface area (Å²) in [6, 6.07) is 11.7. The summed E-state index contributed by atoms with van der Waals surface area (Å²) in [5.41, 5.74) is 3.80. The highest BCUT2D eigenvalue weighted by atomic mass is 16.1. The molecule has 1 aliphatic carbocycles. The van der Waals surface area contributed by atoms with Crippen molar-refractivity contribution in [3.63, 3.8) is 0 Å². The number of benzene rings is 2. The highest BCUT2D eigenvalue weighted by Gasteiger charge is 2.24. The van der Waals surface area contributed by atoms with Crippen molar-refractivity contribution >= 4 is 22.5 Å². The van der Waals surface area contributed by atoms with E-state index >= 15 is 0 Å². The zero-order valence-corrected chi connectivity index (χ0v) is 19.4. The van der Waals surface area contributed by atoms with Crippen LogP contribution in [-0.4, -0.2) is 59.1 Å². The first-order valence-electron chi connectivity index (χ1n) is 11.9. The number of hydrogen-bond acceptors (Lipinski definition) is 5. The van der Waals surface area contributed by atoms with Gasteiger partial charge in [-0.25, -0.2) is 4.98 Å². The molecule has 2 fully saturated rings. The van der Waals surface area contributed by atoms with Gasteiger partial charge in [0.25, 0.3) is 11.5 Å². The minimum Gasteiger partial charge on any atom is -0.369 e. The quantitative estimate of drug-likeness (QED) is 0.631. The molecule has 7 nitrogen and oxygen atoms in total. The van der Waals surface area contributed by atoms with Crippen LogP contribution >= 0.6 is 0 Å². The largest absolute Gasteiger partial charge is 0.369 e. The van der Waals surface area contributed by atoms with E-state index in [1.165, 1.54) is 6.42 Å². The Morgan fingerprint density at radius 1 is 1.09 bits per heavy atom. The molecule has 0 unspecified atom stereocenters. The molecule has 0 bridgehead atoms. The number of aromatic nitrogens is 2. The van der Waals surface area contributed by atoms with Gasteiger partial charge in [0.05, 0.1) is 16.6 Å². The SMILES string of the molecule is CCCN1CCN(c2ccc3ncn(-c4cc(C(=O)NC5CC5)ccc4C)c(=O)c3c2)CC1. The molecule has 1 N–H and O–H groups in total. The summed E-state index contributed by atoms with van der Waals surface area (Å²) in [7, 11) is 0. The predicted octanol–water partition coefficient (Wildman–Crippen LogP) is 3.12. The van der Waals surface area contributed by atoms with E-state index in [2.05, 4.69) is 33.1 Å². The van der Waals surface area contributed by atoms with Crippen LogP contribution < -0.4 is 15.8 Å². The monoisotopic (exact) mass is 445 g/mol. The van der Waals surface area contributed by atoms with Crippen molar-refractivity contribution in [3.8, 4) is 5.69 Å². The Hall–Kier alpha value is -3.19. The zero-order chi connectivity index (χ0) is 22.9. The third kappa shape index (κ3) is 4.50. The number of amides is 1. The predicted molar refractivity (Wildman–Crippen MR) is 132 cm³/mol. The van der Waals surface area contributed by atoms with Gasteiger partial charge in [-0.15, -0.1) is 0 Å². The van der Waals surface area contributed by atoms with Crippen LogP contribution in [0.5, 0.6) is 0 Å². The topological polar surface area (TPSA) is 70.5 Å². The summed E-state index contributed by atoms with van der Waals surface area (Å²) < 4.78 is 1.56. The number of nitrogens with zero attached hydrogens (tertiary/aromatic N) is 4. The summed E-state index contributed by atoms with van der Waals surface area (Å²) in [5, 5.41) is 3.61. The number of aryl methyl sites for hydroxylation is 1. The van der Waals surface area contributed by atoms with E-state index in [0.717, 1.165) is 56.8 Å². The fourth-order valence-electron chi connectivity index (χ4n) is 4.53. The zero-order valence-electron chi connectivity index (χ0n) is 19.4. The van der Waals surface area contributed by atoms with Gasteiger partial charge in [-0.3, -0.25) is 19.1 Å². The molecular weight excluding hydrogens is 414 g/mol. The third-order valence-electron chi connectivity index (χ3n) is 6.66. The smallest absolute Gasteiger partial charge is 0.265 e. The number of fused-ring (bicyclic) bond motifs is 1. The molecule has 172 valence electrons. The lowest BCUT2D eigenvalue weighted by atomic mass is 10.1. The first-order chi connectivity index (χ1) is 16.0. The average molecular weight is 446 g/mol. The first-order valence-corrected chi connectivity index (χ1v) is 11.9. The average Bonchev–Trinajstić information content (AvgIpc) is 3.64. The standard InChI is InChI=1S/C26H31N5O2/c1-3-10-29-11-13-30(14-12-29)21-8-9-23-22(16-21)26(33)31(17-27-23)24-15-19(5-4-18(24)2)25(32)28-20-6-7-20/h4-5,8-9,15-17,20H,3,6-7,10-14H2,1-2H3,(H,28,32). The fourth-order valence-corrected chi connectivity index (χ4v) is 4.53. The maximum Gasteiger partial charge on any atom is 0.265 e. The van der Waals surface area contributed by atoms with Crippen LogP contribution in [0.4, 0.5) is 5.69 Å². The Bertz CT molecular complexity index is 1240. The van der Waals surface area contributed by atoms with Gasteiger partial charge in [0, 0.05) is 43.5 Å². The lowest BCUT2D eigenvalue weighted by Crippen LogP contribution is -2.46. The van der Waals surface area contributed by atoms with Crippen molar-refractivity contribution in [2.75, 3.05) is 37.6 Å². The molecule has 0 radical (unpaired) electrons. The Morgan fingerprint density at radius 2 is 1.88 bits per heavy atom. The minimum absolute atomic E-state index is 0.0925. The highest BCUT2D eigenvalue weighted by molar-refractivity contribution is 5.95. The second kappa shape index (κ2) is 8.98. The van der Waals surface area contributed by atoms with Gasteiger partial charge in [0.2, 0.25) is 0 Å². The van der Waals surface area contributed by atoms with Crippen molar-refractivity contribution in [3.05, 3.63) is 64.2 Å². The van der Waals surface area contributed by atoms with Gasteiger partial charge in [-0.1, -0.05) is 13.0 Å². The van der Waals surface area contributed by atoms with E-state index in [-0.39, 0.29) is 17.5 Å². The maximum absolute atomic E-state index is 13.5. The molecule has 33 heavy (non-hydrogen) atoms. The Kier molecular flexibility index (Phi) is 5.89. The molecular formula is C26H31N5O2. The number of hydrogen-bond donors (Lipinski definition) is 1. The second-order valence-electron chi connectivity index (χ2n) is 9.20. The number of piperazine rings is 1. The molecule has 7 heteroatoms. The van der Waals surface area contributed by atoms with E-state index in [0.29, 0.717) is 22.2 Å². The Labute approximate surface area is 194 Å². The molecule has 0 atom stereocenters. The van der Waals surface area contributed by atoms with E-state index < -0.39 is 0 Å². The summed E-state index contributed by atoms with van der Waals surface area (Å²) in [5.74, 6) is -0.0925. The maximum atomic E-state index is 13.5. The minimum atomic E-state index is -0.116. The van der Waals surface area contributed by atoms with Crippen LogP contribution in [0.15, 0.2) is 47.5 Å². The summed E-state index contributed by atoms with van der Waals surface area (Å²) in [6.07, 6.45) is 4.81. The molecule has 3 aromatic rings. The van der Waals surface area contributed by atoms with Gasteiger partial charge in [0.15, 0.2) is 0 Å². The third-order valence-corrected chi connectivity index (χ3v) is 6.66. The van der Waals surface area contributed by atoms with E-state index in [9.17, 15) is 9.59 Å². The van der Waals surface area contributed by atoms with Crippen LogP contribution in [0.1, 0.15) is 42.1 Å². The molecule has 1 saturated carbocycles. The van der Waals surface area contributed by atoms with Crippen LogP contribution in [0.2, 0.25) is 0 Å².